The molecule has 7 aromatic rings. The number of aromatic nitrogens is 2. The predicted octanol–water partition coefficient (Wildman–Crippen LogP) is 11.8. The fraction of sp³-hybridized carbons (Fsp3) is 0.205. The largest absolute Gasteiger partial charge is 0.457 e. The lowest BCUT2D eigenvalue weighted by Crippen LogP contribution is -2.23. The highest BCUT2D eigenvalue weighted by Gasteiger charge is 2.28. The highest BCUT2D eigenvalue weighted by molar-refractivity contribution is 6.09. The molecular formula is C44H42N4O. The van der Waals surface area contributed by atoms with Crippen LogP contribution in [0.1, 0.15) is 52.7 Å². The van der Waals surface area contributed by atoms with Crippen LogP contribution in [0.5, 0.6) is 11.5 Å². The molecule has 1 aliphatic heterocycles. The van der Waals surface area contributed by atoms with E-state index < -0.39 is 0 Å². The van der Waals surface area contributed by atoms with Crippen LogP contribution in [0, 0.1) is 0 Å². The smallest absolute Gasteiger partial charge is 0.137 e. The minimum absolute atomic E-state index is 0.000288. The zero-order valence-electron chi connectivity index (χ0n) is 29.1. The number of para-hydroxylation sites is 3. The van der Waals surface area contributed by atoms with Crippen molar-refractivity contribution >= 4 is 44.6 Å². The lowest BCUT2D eigenvalue weighted by atomic mass is 9.86. The average molecular weight is 643 g/mol. The molecule has 0 bridgehead atoms. The molecule has 5 heteroatoms. The van der Waals surface area contributed by atoms with Gasteiger partial charge in [0, 0.05) is 40.5 Å². The molecule has 0 aliphatic carbocycles. The summed E-state index contributed by atoms with van der Waals surface area (Å²) < 4.78 is 8.96. The van der Waals surface area contributed by atoms with Crippen LogP contribution >= 0.6 is 0 Å². The highest BCUT2D eigenvalue weighted by atomic mass is 16.5. The van der Waals surface area contributed by atoms with E-state index in [0.717, 1.165) is 40.7 Å². The van der Waals surface area contributed by atoms with Crippen molar-refractivity contribution in [3.8, 4) is 17.3 Å². The summed E-state index contributed by atoms with van der Waals surface area (Å²) in [5.74, 6) is 2.48. The van der Waals surface area contributed by atoms with Crippen molar-refractivity contribution in [2.75, 3.05) is 16.5 Å². The molecule has 0 unspecified atom stereocenters. The second-order valence-corrected chi connectivity index (χ2v) is 15.1. The third-order valence-electron chi connectivity index (χ3n) is 9.62. The Balaban J connectivity index is 1.20. The fourth-order valence-electron chi connectivity index (χ4n) is 6.90. The van der Waals surface area contributed by atoms with Crippen LogP contribution in [0.25, 0.3) is 27.6 Å². The number of rotatable bonds is 5. The number of fused-ring (bicyclic) bond motifs is 4. The lowest BCUT2D eigenvalue weighted by Gasteiger charge is -2.22. The Morgan fingerprint density at radius 1 is 0.531 bits per heavy atom. The maximum Gasteiger partial charge on any atom is 0.137 e. The molecule has 5 aromatic carbocycles. The van der Waals surface area contributed by atoms with Crippen LogP contribution < -0.4 is 14.5 Å². The van der Waals surface area contributed by atoms with E-state index in [4.69, 9.17) is 9.72 Å². The van der Waals surface area contributed by atoms with Crippen LogP contribution in [0.4, 0.5) is 22.7 Å². The molecule has 0 fully saturated rings. The Bertz CT molecular complexity index is 2320. The average Bonchev–Trinajstić information content (AvgIpc) is 3.64. The first-order valence-corrected chi connectivity index (χ1v) is 17.1. The zero-order valence-corrected chi connectivity index (χ0v) is 29.1. The molecule has 0 spiro atoms. The lowest BCUT2D eigenvalue weighted by molar-refractivity contribution is 0.483. The summed E-state index contributed by atoms with van der Waals surface area (Å²) in [7, 11) is 0. The topological polar surface area (TPSA) is 33.5 Å². The molecule has 0 N–H and O–H groups in total. The van der Waals surface area contributed by atoms with Crippen LogP contribution in [-0.4, -0.2) is 16.2 Å². The van der Waals surface area contributed by atoms with Gasteiger partial charge in [0.05, 0.1) is 22.4 Å². The van der Waals surface area contributed by atoms with Crippen LogP contribution in [0.15, 0.2) is 134 Å². The van der Waals surface area contributed by atoms with Gasteiger partial charge in [-0.15, -0.1) is 0 Å². The van der Waals surface area contributed by atoms with Crippen molar-refractivity contribution in [1.29, 1.82) is 0 Å². The summed E-state index contributed by atoms with van der Waals surface area (Å²) in [5.41, 5.74) is 9.39. The Morgan fingerprint density at radius 3 is 1.84 bits per heavy atom. The Kier molecular flexibility index (Phi) is 7.25. The van der Waals surface area contributed by atoms with Crippen molar-refractivity contribution in [3.63, 3.8) is 0 Å². The van der Waals surface area contributed by atoms with E-state index in [1.54, 1.807) is 0 Å². The van der Waals surface area contributed by atoms with Crippen LogP contribution in [0.2, 0.25) is 0 Å². The molecular weight excluding hydrogens is 601 g/mol. The van der Waals surface area contributed by atoms with E-state index in [0.29, 0.717) is 0 Å². The summed E-state index contributed by atoms with van der Waals surface area (Å²) in [4.78, 5) is 9.61. The third kappa shape index (κ3) is 5.59. The van der Waals surface area contributed by atoms with Crippen molar-refractivity contribution < 1.29 is 4.74 Å². The SMILES string of the molecule is CC(C)(C)c1ccnc(-n2c3cc(Oc4cccc(N5CN(c6ccccc6)c6ccccc65)c4)ccc3c3ccc(C(C)(C)C)cc32)c1. The second kappa shape index (κ2) is 11.6. The zero-order chi connectivity index (χ0) is 33.9. The monoisotopic (exact) mass is 642 g/mol. The standard InChI is InChI=1S/C44H42N4O/c1-43(2,3)30-19-21-36-37-22-20-35(28-41(37)48(40(36)25-30)42-26-31(23-24-45-42)44(4,5)6)49-34-16-12-15-33(27-34)47-29-46(32-13-8-7-9-14-32)38-17-10-11-18-39(38)47/h7-28H,29H2,1-6H3. The highest BCUT2D eigenvalue weighted by Crippen LogP contribution is 2.45. The molecule has 1 aliphatic rings. The molecule has 0 atom stereocenters. The first kappa shape index (κ1) is 30.8. The predicted molar refractivity (Wildman–Crippen MR) is 205 cm³/mol. The van der Waals surface area contributed by atoms with Gasteiger partial charge < -0.3 is 14.5 Å². The van der Waals surface area contributed by atoms with Gasteiger partial charge in [-0.2, -0.15) is 0 Å². The number of nitrogens with zero attached hydrogens (tertiary/aromatic N) is 4. The molecule has 8 rings (SSSR count). The summed E-state index contributed by atoms with van der Waals surface area (Å²) in [6.45, 7) is 14.2. The summed E-state index contributed by atoms with van der Waals surface area (Å²) in [6.07, 6.45) is 1.93. The van der Waals surface area contributed by atoms with Gasteiger partial charge in [-0.25, -0.2) is 4.98 Å². The van der Waals surface area contributed by atoms with Gasteiger partial charge >= 0.3 is 0 Å². The van der Waals surface area contributed by atoms with Crippen molar-refractivity contribution in [3.05, 3.63) is 145 Å². The van der Waals surface area contributed by atoms with Gasteiger partial charge in [0.25, 0.3) is 0 Å². The summed E-state index contributed by atoms with van der Waals surface area (Å²) in [5, 5.41) is 2.38. The molecule has 2 aromatic heterocycles. The van der Waals surface area contributed by atoms with Gasteiger partial charge in [0.2, 0.25) is 0 Å². The number of anilines is 4. The molecule has 5 nitrogen and oxygen atoms in total. The fourth-order valence-corrected chi connectivity index (χ4v) is 6.90. The first-order chi connectivity index (χ1) is 23.5. The van der Waals surface area contributed by atoms with Gasteiger partial charge in [0.1, 0.15) is 24.0 Å². The van der Waals surface area contributed by atoms with Crippen molar-refractivity contribution in [2.24, 2.45) is 0 Å². The van der Waals surface area contributed by atoms with E-state index >= 15 is 0 Å². The Hall–Kier alpha value is -5.55. The number of ether oxygens (including phenoxy) is 1. The molecule has 49 heavy (non-hydrogen) atoms. The molecule has 0 saturated heterocycles. The third-order valence-corrected chi connectivity index (χ3v) is 9.62. The van der Waals surface area contributed by atoms with E-state index in [9.17, 15) is 0 Å². The first-order valence-electron chi connectivity index (χ1n) is 17.1. The normalized spacial score (nSPS) is 13.3. The number of pyridine rings is 1. The van der Waals surface area contributed by atoms with Gasteiger partial charge in [-0.05, 0) is 88.7 Å². The Labute approximate surface area is 289 Å². The Morgan fingerprint density at radius 2 is 1.12 bits per heavy atom. The quantitative estimate of drug-likeness (QED) is 0.187. The minimum Gasteiger partial charge on any atom is -0.457 e. The van der Waals surface area contributed by atoms with E-state index in [1.807, 2.05) is 12.3 Å². The maximum atomic E-state index is 6.65. The van der Waals surface area contributed by atoms with E-state index in [1.165, 1.54) is 39.0 Å². The van der Waals surface area contributed by atoms with Gasteiger partial charge in [-0.1, -0.05) is 90.1 Å². The molecule has 0 saturated carbocycles. The maximum absolute atomic E-state index is 6.65. The number of hydrogen-bond acceptors (Lipinski definition) is 4. The molecule has 244 valence electrons. The van der Waals surface area contributed by atoms with Crippen molar-refractivity contribution in [1.82, 2.24) is 9.55 Å². The van der Waals surface area contributed by atoms with E-state index in [-0.39, 0.29) is 10.8 Å². The minimum atomic E-state index is 0.000288. The van der Waals surface area contributed by atoms with Crippen LogP contribution in [-0.2, 0) is 10.8 Å². The van der Waals surface area contributed by atoms with Gasteiger partial charge in [0.15, 0.2) is 0 Å². The number of benzene rings is 5. The van der Waals surface area contributed by atoms with Gasteiger partial charge in [-0.3, -0.25) is 4.57 Å². The molecule has 0 amide bonds. The summed E-state index contributed by atoms with van der Waals surface area (Å²) >= 11 is 0. The van der Waals surface area contributed by atoms with Crippen LogP contribution in [0.3, 0.4) is 0 Å². The second-order valence-electron chi connectivity index (χ2n) is 15.1. The number of hydrogen-bond donors (Lipinski definition) is 0. The van der Waals surface area contributed by atoms with E-state index in [2.05, 4.69) is 177 Å². The summed E-state index contributed by atoms with van der Waals surface area (Å²) in [6, 6.07) is 45.2. The molecule has 3 heterocycles. The van der Waals surface area contributed by atoms with Crippen molar-refractivity contribution in [2.45, 2.75) is 52.4 Å². The molecule has 0 radical (unpaired) electrons.